The molecule has 0 bridgehead atoms. The van der Waals surface area contributed by atoms with Crippen molar-refractivity contribution >= 4 is 21.6 Å². The Labute approximate surface area is 123 Å². The lowest BCUT2D eigenvalue weighted by Crippen LogP contribution is -2.35. The summed E-state index contributed by atoms with van der Waals surface area (Å²) in [5.41, 5.74) is 0.664. The average Bonchev–Trinajstić information content (AvgIpc) is 2.41. The van der Waals surface area contributed by atoms with Crippen LogP contribution in [-0.4, -0.2) is 40.4 Å². The molecule has 1 rings (SSSR count). The van der Waals surface area contributed by atoms with Gasteiger partial charge < -0.3 is 10.2 Å². The molecule has 6 heteroatoms. The van der Waals surface area contributed by atoms with E-state index in [9.17, 15) is 4.79 Å². The van der Waals surface area contributed by atoms with E-state index < -0.39 is 0 Å². The summed E-state index contributed by atoms with van der Waals surface area (Å²) in [6, 6.07) is 0.259. The lowest BCUT2D eigenvalue weighted by atomic mass is 10.3. The Morgan fingerprint density at radius 3 is 2.58 bits per heavy atom. The van der Waals surface area contributed by atoms with Crippen LogP contribution in [0.4, 0.5) is 5.69 Å². The van der Waals surface area contributed by atoms with E-state index in [2.05, 4.69) is 52.0 Å². The minimum Gasteiger partial charge on any atom is -0.379 e. The largest absolute Gasteiger partial charge is 0.379 e. The van der Waals surface area contributed by atoms with Crippen molar-refractivity contribution in [3.8, 4) is 0 Å². The van der Waals surface area contributed by atoms with Crippen LogP contribution < -0.4 is 10.9 Å². The van der Waals surface area contributed by atoms with Crippen molar-refractivity contribution in [2.24, 2.45) is 0 Å². The van der Waals surface area contributed by atoms with Gasteiger partial charge in [0.1, 0.15) is 4.47 Å². The molecule has 19 heavy (non-hydrogen) atoms. The first-order valence-electron chi connectivity index (χ1n) is 6.77. The quantitative estimate of drug-likeness (QED) is 0.832. The molecule has 1 aromatic rings. The van der Waals surface area contributed by atoms with E-state index in [0.717, 1.165) is 25.3 Å². The number of aromatic nitrogens is 2. The third-order valence-corrected chi connectivity index (χ3v) is 3.88. The van der Waals surface area contributed by atoms with Gasteiger partial charge in [0.15, 0.2) is 0 Å². The molecule has 0 saturated carbocycles. The third-order valence-electron chi connectivity index (χ3n) is 3.11. The molecule has 5 nitrogen and oxygen atoms in total. The standard InChI is InChI=1S/C13H23BrN4O/c1-5-17(6-2)9-10(4)16-11-8-15-18(7-3)13(19)12(11)14/h8,10,16H,5-7,9H2,1-4H3. The Morgan fingerprint density at radius 2 is 2.05 bits per heavy atom. The van der Waals surface area contributed by atoms with Gasteiger partial charge in [-0.2, -0.15) is 5.10 Å². The number of rotatable bonds is 7. The molecule has 0 aromatic carbocycles. The number of nitrogens with zero attached hydrogens (tertiary/aromatic N) is 3. The summed E-state index contributed by atoms with van der Waals surface area (Å²) < 4.78 is 1.99. The van der Waals surface area contributed by atoms with E-state index in [1.165, 1.54) is 4.68 Å². The number of hydrogen-bond acceptors (Lipinski definition) is 4. The van der Waals surface area contributed by atoms with Crippen molar-refractivity contribution in [1.82, 2.24) is 14.7 Å². The van der Waals surface area contributed by atoms with Crippen molar-refractivity contribution in [1.29, 1.82) is 0 Å². The molecule has 0 aliphatic heterocycles. The summed E-state index contributed by atoms with van der Waals surface area (Å²) >= 11 is 3.35. The zero-order valence-corrected chi connectivity index (χ0v) is 13.7. The molecule has 0 saturated heterocycles. The second-order valence-electron chi connectivity index (χ2n) is 4.52. The number of anilines is 1. The van der Waals surface area contributed by atoms with E-state index in [1.807, 2.05) is 6.92 Å². The van der Waals surface area contributed by atoms with E-state index in [0.29, 0.717) is 11.0 Å². The van der Waals surface area contributed by atoms with Crippen LogP contribution in [0.15, 0.2) is 15.5 Å². The smallest absolute Gasteiger partial charge is 0.283 e. The fourth-order valence-electron chi connectivity index (χ4n) is 1.97. The molecule has 1 atom stereocenters. The van der Waals surface area contributed by atoms with Crippen LogP contribution >= 0.6 is 15.9 Å². The average molecular weight is 331 g/mol. The van der Waals surface area contributed by atoms with Gasteiger partial charge in [-0.15, -0.1) is 0 Å². The SMILES string of the molecule is CCN(CC)CC(C)Nc1cnn(CC)c(=O)c1Br. The van der Waals surface area contributed by atoms with Crippen LogP contribution in [0.1, 0.15) is 27.7 Å². The van der Waals surface area contributed by atoms with Gasteiger partial charge in [-0.1, -0.05) is 13.8 Å². The molecule has 0 amide bonds. The molecule has 0 spiro atoms. The minimum absolute atomic E-state index is 0.0949. The first-order chi connectivity index (χ1) is 9.03. The molecule has 0 radical (unpaired) electrons. The summed E-state index contributed by atoms with van der Waals surface area (Å²) in [6.45, 7) is 11.9. The predicted octanol–water partition coefficient (Wildman–Crippen LogP) is 2.17. The van der Waals surface area contributed by atoms with E-state index in [-0.39, 0.29) is 11.6 Å². The lowest BCUT2D eigenvalue weighted by molar-refractivity contribution is 0.294. The first-order valence-corrected chi connectivity index (χ1v) is 7.57. The summed E-state index contributed by atoms with van der Waals surface area (Å²) in [4.78, 5) is 14.3. The molecule has 0 fully saturated rings. The second-order valence-corrected chi connectivity index (χ2v) is 5.32. The van der Waals surface area contributed by atoms with E-state index in [1.54, 1.807) is 6.20 Å². The zero-order chi connectivity index (χ0) is 14.4. The van der Waals surface area contributed by atoms with Gasteiger partial charge in [-0.05, 0) is 42.9 Å². The van der Waals surface area contributed by atoms with Crippen LogP contribution in [0.2, 0.25) is 0 Å². The maximum Gasteiger partial charge on any atom is 0.283 e. The monoisotopic (exact) mass is 330 g/mol. The fraction of sp³-hybridized carbons (Fsp3) is 0.692. The molecule has 108 valence electrons. The van der Waals surface area contributed by atoms with Gasteiger partial charge in [0, 0.05) is 19.1 Å². The molecule has 0 aliphatic rings. The van der Waals surface area contributed by atoms with Crippen molar-refractivity contribution in [3.05, 3.63) is 21.0 Å². The van der Waals surface area contributed by atoms with Crippen LogP contribution in [0.5, 0.6) is 0 Å². The van der Waals surface area contributed by atoms with Crippen molar-refractivity contribution in [3.63, 3.8) is 0 Å². The Kier molecular flexibility index (Phi) is 6.51. The highest BCUT2D eigenvalue weighted by Crippen LogP contribution is 2.17. The maximum absolute atomic E-state index is 11.9. The summed E-state index contributed by atoms with van der Waals surface area (Å²) in [5, 5.41) is 7.47. The normalized spacial score (nSPS) is 12.7. The zero-order valence-electron chi connectivity index (χ0n) is 12.1. The summed E-state index contributed by atoms with van der Waals surface area (Å²) in [6.07, 6.45) is 1.70. The highest BCUT2D eigenvalue weighted by atomic mass is 79.9. The summed E-state index contributed by atoms with van der Waals surface area (Å²) in [5.74, 6) is 0. The van der Waals surface area contributed by atoms with Gasteiger partial charge in [-0.25, -0.2) is 4.68 Å². The van der Waals surface area contributed by atoms with Crippen molar-refractivity contribution in [2.75, 3.05) is 25.0 Å². The van der Waals surface area contributed by atoms with E-state index >= 15 is 0 Å². The molecule has 0 aliphatic carbocycles. The number of hydrogen-bond donors (Lipinski definition) is 1. The number of aryl methyl sites for hydroxylation is 1. The second kappa shape index (κ2) is 7.65. The van der Waals surface area contributed by atoms with Crippen LogP contribution in [-0.2, 0) is 6.54 Å². The minimum atomic E-state index is -0.0949. The molecule has 1 aromatic heterocycles. The van der Waals surface area contributed by atoms with Crippen molar-refractivity contribution < 1.29 is 0 Å². The van der Waals surface area contributed by atoms with Gasteiger partial charge >= 0.3 is 0 Å². The molecule has 1 N–H and O–H groups in total. The highest BCUT2D eigenvalue weighted by Gasteiger charge is 2.12. The Hall–Kier alpha value is -0.880. The summed E-state index contributed by atoms with van der Waals surface area (Å²) in [7, 11) is 0. The van der Waals surface area contributed by atoms with E-state index in [4.69, 9.17) is 0 Å². The van der Waals surface area contributed by atoms with Gasteiger partial charge in [0.25, 0.3) is 5.56 Å². The maximum atomic E-state index is 11.9. The van der Waals surface area contributed by atoms with Crippen LogP contribution in [0.3, 0.4) is 0 Å². The number of halogens is 1. The lowest BCUT2D eigenvalue weighted by Gasteiger charge is -2.24. The number of likely N-dealkylation sites (N-methyl/N-ethyl adjacent to an activating group) is 1. The molecule has 1 unspecified atom stereocenters. The Bertz CT molecular complexity index is 456. The molecular weight excluding hydrogens is 308 g/mol. The van der Waals surface area contributed by atoms with Gasteiger partial charge in [0.05, 0.1) is 11.9 Å². The topological polar surface area (TPSA) is 50.2 Å². The first kappa shape index (κ1) is 16.2. The van der Waals surface area contributed by atoms with Gasteiger partial charge in [0.2, 0.25) is 0 Å². The fourth-order valence-corrected chi connectivity index (χ4v) is 2.39. The van der Waals surface area contributed by atoms with Crippen LogP contribution in [0.25, 0.3) is 0 Å². The Morgan fingerprint density at radius 1 is 1.42 bits per heavy atom. The van der Waals surface area contributed by atoms with Crippen LogP contribution in [0, 0.1) is 0 Å². The predicted molar refractivity (Wildman–Crippen MR) is 82.7 cm³/mol. The Balaban J connectivity index is 2.77. The van der Waals surface area contributed by atoms with Crippen molar-refractivity contribution in [2.45, 2.75) is 40.3 Å². The molecule has 1 heterocycles. The molecular formula is C13H23BrN4O. The number of nitrogens with one attached hydrogen (secondary N) is 1. The highest BCUT2D eigenvalue weighted by molar-refractivity contribution is 9.10. The third kappa shape index (κ3) is 4.31. The van der Waals surface area contributed by atoms with Gasteiger partial charge in [-0.3, -0.25) is 4.79 Å².